The summed E-state index contributed by atoms with van der Waals surface area (Å²) < 4.78 is 2.20. The molecule has 2 fully saturated rings. The standard InChI is InChI=1S/C12H20N4/c1-2-5-16-7-14-15-12(16)10-8-3-4-9(6-8)11(10)13/h7-11H,2-6,13H2,1H3. The summed E-state index contributed by atoms with van der Waals surface area (Å²) in [5, 5.41) is 8.38. The summed E-state index contributed by atoms with van der Waals surface area (Å²) in [5.41, 5.74) is 6.34. The van der Waals surface area contributed by atoms with Gasteiger partial charge in [-0.2, -0.15) is 0 Å². The van der Waals surface area contributed by atoms with Crippen LogP contribution in [-0.4, -0.2) is 20.8 Å². The topological polar surface area (TPSA) is 56.7 Å². The Hall–Kier alpha value is -0.900. The van der Waals surface area contributed by atoms with E-state index in [0.717, 1.165) is 30.6 Å². The molecule has 16 heavy (non-hydrogen) atoms. The number of rotatable bonds is 3. The molecule has 0 radical (unpaired) electrons. The highest BCUT2D eigenvalue weighted by Crippen LogP contribution is 2.51. The number of nitrogens with two attached hydrogens (primary N) is 1. The monoisotopic (exact) mass is 220 g/mol. The second-order valence-electron chi connectivity index (χ2n) is 5.32. The summed E-state index contributed by atoms with van der Waals surface area (Å²) in [6.07, 6.45) is 6.95. The normalized spacial score (nSPS) is 37.1. The molecule has 0 spiro atoms. The highest BCUT2D eigenvalue weighted by Gasteiger charge is 2.48. The van der Waals surface area contributed by atoms with Crippen LogP contribution in [0.3, 0.4) is 0 Å². The third-order valence-electron chi connectivity index (χ3n) is 4.39. The van der Waals surface area contributed by atoms with Gasteiger partial charge in [-0.05, 0) is 37.5 Å². The number of hydrogen-bond acceptors (Lipinski definition) is 3. The van der Waals surface area contributed by atoms with Gasteiger partial charge in [0.05, 0.1) is 0 Å². The molecule has 4 heteroatoms. The molecule has 4 nitrogen and oxygen atoms in total. The number of nitrogens with zero attached hydrogens (tertiary/aromatic N) is 3. The zero-order valence-electron chi connectivity index (χ0n) is 9.84. The molecule has 2 N–H and O–H groups in total. The molecule has 4 unspecified atom stereocenters. The summed E-state index contributed by atoms with van der Waals surface area (Å²) in [6, 6.07) is 0.318. The first kappa shape index (κ1) is 10.3. The third kappa shape index (κ3) is 1.39. The predicted octanol–water partition coefficient (Wildman–Crippen LogP) is 1.53. The van der Waals surface area contributed by atoms with Gasteiger partial charge in [-0.15, -0.1) is 10.2 Å². The summed E-state index contributed by atoms with van der Waals surface area (Å²) in [6.45, 7) is 3.20. The minimum atomic E-state index is 0.318. The van der Waals surface area contributed by atoms with Crippen molar-refractivity contribution in [3.8, 4) is 0 Å². The Kier molecular flexibility index (Phi) is 2.46. The molecule has 1 aromatic heterocycles. The molecule has 1 heterocycles. The lowest BCUT2D eigenvalue weighted by Crippen LogP contribution is -2.35. The lowest BCUT2D eigenvalue weighted by atomic mass is 9.84. The molecule has 0 aromatic carbocycles. The van der Waals surface area contributed by atoms with Crippen LogP contribution in [0.25, 0.3) is 0 Å². The molecule has 2 aliphatic carbocycles. The van der Waals surface area contributed by atoms with Crippen LogP contribution in [0.4, 0.5) is 0 Å². The van der Waals surface area contributed by atoms with Crippen LogP contribution >= 0.6 is 0 Å². The van der Waals surface area contributed by atoms with E-state index in [2.05, 4.69) is 21.7 Å². The molecule has 0 saturated heterocycles. The van der Waals surface area contributed by atoms with Gasteiger partial charge in [0.2, 0.25) is 0 Å². The zero-order chi connectivity index (χ0) is 11.1. The average Bonchev–Trinajstić information content (AvgIpc) is 2.94. The Morgan fingerprint density at radius 3 is 2.94 bits per heavy atom. The number of fused-ring (bicyclic) bond motifs is 2. The van der Waals surface area contributed by atoms with E-state index in [1.807, 2.05) is 6.33 Å². The van der Waals surface area contributed by atoms with Gasteiger partial charge in [0.15, 0.2) is 0 Å². The molecule has 88 valence electrons. The first-order valence-corrected chi connectivity index (χ1v) is 6.44. The van der Waals surface area contributed by atoms with E-state index in [4.69, 9.17) is 5.73 Å². The molecular formula is C12H20N4. The summed E-state index contributed by atoms with van der Waals surface area (Å²) in [5.74, 6) is 3.11. The molecule has 2 saturated carbocycles. The van der Waals surface area contributed by atoms with Gasteiger partial charge in [0.1, 0.15) is 12.2 Å². The van der Waals surface area contributed by atoms with Crippen molar-refractivity contribution in [2.75, 3.05) is 0 Å². The van der Waals surface area contributed by atoms with Crippen molar-refractivity contribution in [2.24, 2.45) is 17.6 Å². The van der Waals surface area contributed by atoms with Gasteiger partial charge < -0.3 is 10.3 Å². The lowest BCUT2D eigenvalue weighted by molar-refractivity contribution is 0.344. The maximum absolute atomic E-state index is 6.34. The fourth-order valence-corrected chi connectivity index (χ4v) is 3.65. The SMILES string of the molecule is CCCn1cnnc1C1C2CCC(C2)C1N. The Bertz CT molecular complexity index is 371. The Morgan fingerprint density at radius 1 is 1.44 bits per heavy atom. The maximum atomic E-state index is 6.34. The fourth-order valence-electron chi connectivity index (χ4n) is 3.65. The maximum Gasteiger partial charge on any atom is 0.137 e. The molecule has 4 atom stereocenters. The summed E-state index contributed by atoms with van der Waals surface area (Å²) >= 11 is 0. The number of aromatic nitrogens is 3. The first-order chi connectivity index (χ1) is 7.81. The largest absolute Gasteiger partial charge is 0.327 e. The van der Waals surface area contributed by atoms with E-state index in [1.165, 1.54) is 19.3 Å². The molecule has 0 aliphatic heterocycles. The molecular weight excluding hydrogens is 200 g/mol. The van der Waals surface area contributed by atoms with Crippen molar-refractivity contribution >= 4 is 0 Å². The second kappa shape index (κ2) is 3.84. The predicted molar refractivity (Wildman–Crippen MR) is 61.9 cm³/mol. The molecule has 1 aromatic rings. The van der Waals surface area contributed by atoms with Crippen LogP contribution < -0.4 is 5.73 Å². The first-order valence-electron chi connectivity index (χ1n) is 6.44. The van der Waals surface area contributed by atoms with Gasteiger partial charge in [-0.1, -0.05) is 6.92 Å². The van der Waals surface area contributed by atoms with Crippen LogP contribution in [0, 0.1) is 11.8 Å². The average molecular weight is 220 g/mol. The third-order valence-corrected chi connectivity index (χ3v) is 4.39. The van der Waals surface area contributed by atoms with Crippen LogP contribution in [0.1, 0.15) is 44.3 Å². The Labute approximate surface area is 96.2 Å². The van der Waals surface area contributed by atoms with E-state index in [1.54, 1.807) is 0 Å². The number of hydrogen-bond donors (Lipinski definition) is 1. The van der Waals surface area contributed by atoms with Crippen molar-refractivity contribution in [3.05, 3.63) is 12.2 Å². The van der Waals surface area contributed by atoms with E-state index in [9.17, 15) is 0 Å². The van der Waals surface area contributed by atoms with Crippen LogP contribution in [-0.2, 0) is 6.54 Å². The van der Waals surface area contributed by atoms with Crippen molar-refractivity contribution in [2.45, 2.75) is 51.1 Å². The minimum Gasteiger partial charge on any atom is -0.327 e. The van der Waals surface area contributed by atoms with Crippen LogP contribution in [0.15, 0.2) is 6.33 Å². The molecule has 2 aliphatic rings. The summed E-state index contributed by atoms with van der Waals surface area (Å²) in [7, 11) is 0. The summed E-state index contributed by atoms with van der Waals surface area (Å²) in [4.78, 5) is 0. The highest BCUT2D eigenvalue weighted by atomic mass is 15.3. The van der Waals surface area contributed by atoms with Crippen molar-refractivity contribution in [1.29, 1.82) is 0 Å². The Morgan fingerprint density at radius 2 is 2.25 bits per heavy atom. The van der Waals surface area contributed by atoms with E-state index in [-0.39, 0.29) is 0 Å². The Balaban J connectivity index is 1.89. The van der Waals surface area contributed by atoms with Gasteiger partial charge in [-0.25, -0.2) is 0 Å². The van der Waals surface area contributed by atoms with Crippen LogP contribution in [0.5, 0.6) is 0 Å². The van der Waals surface area contributed by atoms with Crippen molar-refractivity contribution < 1.29 is 0 Å². The van der Waals surface area contributed by atoms with Crippen molar-refractivity contribution in [3.63, 3.8) is 0 Å². The second-order valence-corrected chi connectivity index (χ2v) is 5.32. The minimum absolute atomic E-state index is 0.318. The lowest BCUT2D eigenvalue weighted by Gasteiger charge is -2.27. The van der Waals surface area contributed by atoms with Crippen molar-refractivity contribution in [1.82, 2.24) is 14.8 Å². The van der Waals surface area contributed by atoms with E-state index >= 15 is 0 Å². The van der Waals surface area contributed by atoms with Gasteiger partial charge in [-0.3, -0.25) is 0 Å². The molecule has 2 bridgehead atoms. The fraction of sp³-hybridized carbons (Fsp3) is 0.833. The van der Waals surface area contributed by atoms with Gasteiger partial charge >= 0.3 is 0 Å². The molecule has 3 rings (SSSR count). The van der Waals surface area contributed by atoms with Gasteiger partial charge in [0, 0.05) is 18.5 Å². The van der Waals surface area contributed by atoms with Crippen LogP contribution in [0.2, 0.25) is 0 Å². The highest BCUT2D eigenvalue weighted by molar-refractivity contribution is 5.13. The number of aryl methyl sites for hydroxylation is 1. The molecule has 0 amide bonds. The smallest absolute Gasteiger partial charge is 0.137 e. The van der Waals surface area contributed by atoms with E-state index < -0.39 is 0 Å². The quantitative estimate of drug-likeness (QED) is 0.840. The van der Waals surface area contributed by atoms with E-state index in [0.29, 0.717) is 12.0 Å². The zero-order valence-corrected chi connectivity index (χ0v) is 9.84. The van der Waals surface area contributed by atoms with Gasteiger partial charge in [0.25, 0.3) is 0 Å².